The van der Waals surface area contributed by atoms with Crippen molar-refractivity contribution in [2.75, 3.05) is 11.1 Å². The maximum absolute atomic E-state index is 14.4. The number of carbonyl (C=O) groups is 1. The summed E-state index contributed by atoms with van der Waals surface area (Å²) in [5.74, 6) is -1.03. The molecule has 0 spiro atoms. The van der Waals surface area contributed by atoms with Crippen LogP contribution >= 0.6 is 11.3 Å². The van der Waals surface area contributed by atoms with Gasteiger partial charge >= 0.3 is 0 Å². The molecule has 1 aliphatic rings. The van der Waals surface area contributed by atoms with E-state index in [-0.39, 0.29) is 33.6 Å². The zero-order valence-corrected chi connectivity index (χ0v) is 13.7. The second kappa shape index (κ2) is 5.55. The maximum Gasteiger partial charge on any atom is 0.260 e. The van der Waals surface area contributed by atoms with Gasteiger partial charge in [0.1, 0.15) is 21.3 Å². The first-order chi connectivity index (χ1) is 11.9. The van der Waals surface area contributed by atoms with Crippen molar-refractivity contribution in [1.29, 1.82) is 0 Å². The van der Waals surface area contributed by atoms with Crippen LogP contribution in [0.25, 0.3) is 21.5 Å². The molecule has 7 nitrogen and oxygen atoms in total. The molecule has 1 aromatic carbocycles. The summed E-state index contributed by atoms with van der Waals surface area (Å²) in [5.41, 5.74) is 11.8. The Hall–Kier alpha value is -2.94. The Morgan fingerprint density at radius 3 is 2.80 bits per heavy atom. The smallest absolute Gasteiger partial charge is 0.260 e. The fraction of sp³-hybridized carbons (Fsp3) is 0.188. The minimum absolute atomic E-state index is 0.0757. The van der Waals surface area contributed by atoms with Crippen LogP contribution in [0, 0.1) is 5.82 Å². The number of hydrogen-bond donors (Lipinski definition) is 4. The summed E-state index contributed by atoms with van der Waals surface area (Å²) in [6.45, 7) is 0. The number of halogens is 1. The molecule has 2 heterocycles. The van der Waals surface area contributed by atoms with Crippen molar-refractivity contribution < 1.29 is 14.3 Å². The van der Waals surface area contributed by atoms with E-state index in [4.69, 9.17) is 11.5 Å². The van der Waals surface area contributed by atoms with E-state index < -0.39 is 11.7 Å². The van der Waals surface area contributed by atoms with Gasteiger partial charge in [-0.3, -0.25) is 4.79 Å². The van der Waals surface area contributed by atoms with Crippen molar-refractivity contribution in [3.8, 4) is 17.0 Å². The van der Waals surface area contributed by atoms with Crippen LogP contribution in [0.5, 0.6) is 5.75 Å². The minimum Gasteiger partial charge on any atom is -0.508 e. The first-order valence-electron chi connectivity index (χ1n) is 7.59. The Bertz CT molecular complexity index is 1020. The SMILES string of the molecule is NC(=O)c1sc2nc(NC3CC3)nc(-c3cc(O)ccc3F)c2c1N. The van der Waals surface area contributed by atoms with E-state index >= 15 is 0 Å². The van der Waals surface area contributed by atoms with Crippen molar-refractivity contribution in [3.05, 3.63) is 28.9 Å². The average molecular weight is 359 g/mol. The van der Waals surface area contributed by atoms with E-state index in [1.165, 1.54) is 12.1 Å². The summed E-state index contributed by atoms with van der Waals surface area (Å²) in [7, 11) is 0. The molecule has 6 N–H and O–H groups in total. The Kier molecular flexibility index (Phi) is 3.46. The molecule has 2 aromatic heterocycles. The number of phenols is 1. The molecule has 1 amide bonds. The van der Waals surface area contributed by atoms with Crippen LogP contribution in [0.1, 0.15) is 22.5 Å². The number of thiophene rings is 1. The lowest BCUT2D eigenvalue weighted by molar-refractivity contribution is 0.100. The number of aromatic hydroxyl groups is 1. The third-order valence-corrected chi connectivity index (χ3v) is 5.04. The van der Waals surface area contributed by atoms with Gasteiger partial charge in [-0.1, -0.05) is 0 Å². The third kappa shape index (κ3) is 2.72. The quantitative estimate of drug-likeness (QED) is 0.567. The highest BCUT2D eigenvalue weighted by Gasteiger charge is 2.26. The zero-order valence-electron chi connectivity index (χ0n) is 12.9. The first-order valence-corrected chi connectivity index (χ1v) is 8.41. The molecule has 1 fully saturated rings. The molecule has 0 aliphatic heterocycles. The highest BCUT2D eigenvalue weighted by Crippen LogP contribution is 2.40. The van der Waals surface area contributed by atoms with Crippen molar-refractivity contribution in [3.63, 3.8) is 0 Å². The lowest BCUT2D eigenvalue weighted by Crippen LogP contribution is -2.10. The molecule has 4 rings (SSSR count). The minimum atomic E-state index is -0.681. The summed E-state index contributed by atoms with van der Waals surface area (Å²) < 4.78 is 14.4. The molecule has 3 aromatic rings. The summed E-state index contributed by atoms with van der Waals surface area (Å²) >= 11 is 1.04. The van der Waals surface area contributed by atoms with Gasteiger partial charge in [0.15, 0.2) is 0 Å². The summed E-state index contributed by atoms with van der Waals surface area (Å²) in [5, 5.41) is 13.2. The van der Waals surface area contributed by atoms with Gasteiger partial charge < -0.3 is 21.9 Å². The number of nitrogens with two attached hydrogens (primary N) is 2. The number of nitrogens with one attached hydrogen (secondary N) is 1. The number of phenolic OH excluding ortho intramolecular Hbond substituents is 1. The molecule has 25 heavy (non-hydrogen) atoms. The average Bonchev–Trinajstić information content (AvgIpc) is 3.31. The number of anilines is 2. The van der Waals surface area contributed by atoms with Crippen LogP contribution in [0.15, 0.2) is 18.2 Å². The Balaban J connectivity index is 2.01. The van der Waals surface area contributed by atoms with E-state index in [0.717, 1.165) is 30.2 Å². The third-order valence-electron chi connectivity index (χ3n) is 3.93. The predicted octanol–water partition coefficient (Wildman–Crippen LogP) is 2.46. The number of aromatic nitrogens is 2. The number of hydrogen-bond acceptors (Lipinski definition) is 7. The number of benzene rings is 1. The number of nitrogen functional groups attached to an aromatic ring is 1. The van der Waals surface area contributed by atoms with Gasteiger partial charge in [-0.2, -0.15) is 0 Å². The van der Waals surface area contributed by atoms with Crippen LogP contribution in [0.2, 0.25) is 0 Å². The highest BCUT2D eigenvalue weighted by atomic mass is 32.1. The molecule has 0 radical (unpaired) electrons. The van der Waals surface area contributed by atoms with Crippen molar-refractivity contribution in [2.45, 2.75) is 18.9 Å². The molecule has 9 heteroatoms. The Morgan fingerprint density at radius 1 is 1.36 bits per heavy atom. The summed E-state index contributed by atoms with van der Waals surface area (Å²) in [4.78, 5) is 21.0. The van der Waals surface area contributed by atoms with Crippen LogP contribution in [-0.2, 0) is 0 Å². The number of primary amides is 1. The highest BCUT2D eigenvalue weighted by molar-refractivity contribution is 7.21. The van der Waals surface area contributed by atoms with E-state index in [0.29, 0.717) is 16.2 Å². The predicted molar refractivity (Wildman–Crippen MR) is 94.0 cm³/mol. The summed E-state index contributed by atoms with van der Waals surface area (Å²) in [6, 6.07) is 3.93. The molecular formula is C16H14FN5O2S. The molecule has 0 saturated heterocycles. The van der Waals surface area contributed by atoms with Gasteiger partial charge in [0.05, 0.1) is 16.8 Å². The van der Waals surface area contributed by atoms with Crippen LogP contribution < -0.4 is 16.8 Å². The Labute approximate surface area is 145 Å². The number of fused-ring (bicyclic) bond motifs is 1. The lowest BCUT2D eigenvalue weighted by atomic mass is 10.1. The van der Waals surface area contributed by atoms with E-state index in [9.17, 15) is 14.3 Å². The molecule has 1 aliphatic carbocycles. The van der Waals surface area contributed by atoms with Crippen molar-refractivity contribution >= 4 is 39.1 Å². The Morgan fingerprint density at radius 2 is 2.12 bits per heavy atom. The van der Waals surface area contributed by atoms with Crippen molar-refractivity contribution in [2.24, 2.45) is 5.73 Å². The van der Waals surface area contributed by atoms with E-state index in [1.54, 1.807) is 0 Å². The molecule has 0 unspecified atom stereocenters. The monoisotopic (exact) mass is 359 g/mol. The van der Waals surface area contributed by atoms with Crippen LogP contribution in [0.4, 0.5) is 16.0 Å². The second-order valence-corrected chi connectivity index (χ2v) is 6.87. The van der Waals surface area contributed by atoms with E-state index in [2.05, 4.69) is 15.3 Å². The van der Waals surface area contributed by atoms with Gasteiger partial charge in [-0.15, -0.1) is 11.3 Å². The summed E-state index contributed by atoms with van der Waals surface area (Å²) in [6.07, 6.45) is 2.02. The van der Waals surface area contributed by atoms with Gasteiger partial charge in [-0.25, -0.2) is 14.4 Å². The fourth-order valence-electron chi connectivity index (χ4n) is 2.57. The second-order valence-electron chi connectivity index (χ2n) is 5.87. The number of nitrogens with zero attached hydrogens (tertiary/aromatic N) is 2. The maximum atomic E-state index is 14.4. The fourth-order valence-corrected chi connectivity index (χ4v) is 3.52. The van der Waals surface area contributed by atoms with Gasteiger partial charge in [0.2, 0.25) is 5.95 Å². The molecule has 1 saturated carbocycles. The first kappa shape index (κ1) is 15.6. The van der Waals surface area contributed by atoms with Gasteiger partial charge in [0.25, 0.3) is 5.91 Å². The van der Waals surface area contributed by atoms with Crippen molar-refractivity contribution in [1.82, 2.24) is 9.97 Å². The standard InChI is InChI=1S/C16H14FN5O2S/c17-9-4-3-7(23)5-8(9)12-10-11(18)13(14(19)24)25-15(10)22-16(21-12)20-6-1-2-6/h3-6,23H,1-2,18H2,(H2,19,24)(H,20,21,22). The van der Waals surface area contributed by atoms with Gasteiger partial charge in [0, 0.05) is 11.6 Å². The zero-order chi connectivity index (χ0) is 17.7. The number of rotatable bonds is 4. The van der Waals surface area contributed by atoms with Gasteiger partial charge in [-0.05, 0) is 31.0 Å². The number of amides is 1. The molecule has 0 bridgehead atoms. The normalized spacial score (nSPS) is 14.0. The lowest BCUT2D eigenvalue weighted by Gasteiger charge is -2.09. The molecule has 128 valence electrons. The molecular weight excluding hydrogens is 345 g/mol. The topological polar surface area (TPSA) is 127 Å². The van der Waals surface area contributed by atoms with Crippen LogP contribution in [0.3, 0.4) is 0 Å². The molecule has 0 atom stereocenters. The number of carbonyl (C=O) groups excluding carboxylic acids is 1. The largest absolute Gasteiger partial charge is 0.508 e. The van der Waals surface area contributed by atoms with Crippen LogP contribution in [-0.4, -0.2) is 27.0 Å². The van der Waals surface area contributed by atoms with E-state index in [1.807, 2.05) is 0 Å².